The minimum Gasteiger partial charge on any atom is -0.309 e. The van der Waals surface area contributed by atoms with Gasteiger partial charge in [0.2, 0.25) is 0 Å². The Balaban J connectivity index is 0.000000149. The highest BCUT2D eigenvalue weighted by molar-refractivity contribution is 6.23. The van der Waals surface area contributed by atoms with E-state index in [1.807, 2.05) is 0 Å². The van der Waals surface area contributed by atoms with E-state index in [-0.39, 0.29) is 10.8 Å². The van der Waals surface area contributed by atoms with Gasteiger partial charge in [0.05, 0.1) is 22.1 Å². The number of nitrogens with zero attached hydrogens (tertiary/aromatic N) is 2. The van der Waals surface area contributed by atoms with Crippen LogP contribution >= 0.6 is 0 Å². The van der Waals surface area contributed by atoms with Gasteiger partial charge in [0.15, 0.2) is 0 Å². The largest absolute Gasteiger partial charge is 0.309 e. The van der Waals surface area contributed by atoms with Crippen LogP contribution in [0.25, 0.3) is 143 Å². The van der Waals surface area contributed by atoms with Gasteiger partial charge in [0.1, 0.15) is 0 Å². The second kappa shape index (κ2) is 21.3. The minimum atomic E-state index is 0.0769. The fraction of sp³-hybridized carbons (Fsp3) is 0.116. The van der Waals surface area contributed by atoms with E-state index >= 15 is 0 Å². The molecule has 0 N–H and O–H groups in total. The van der Waals surface area contributed by atoms with E-state index in [4.69, 9.17) is 0 Å². The Morgan fingerprint density at radius 3 is 0.727 bits per heavy atom. The summed E-state index contributed by atoms with van der Waals surface area (Å²) in [7, 11) is 0. The van der Waals surface area contributed by atoms with Crippen molar-refractivity contribution < 1.29 is 0 Å². The minimum absolute atomic E-state index is 0.0769. The molecule has 0 saturated heterocycles. The quantitative estimate of drug-likeness (QED) is 0.147. The van der Waals surface area contributed by atoms with Gasteiger partial charge in [-0.15, -0.1) is 0 Å². The molecule has 2 aromatic heterocycles. The SMILES string of the molecule is CC(C)(C)c1ccc2c(c1)c1cc(C(C)(C)C)ccc1n2-c1ccc(-c2c3ccccc3c(-c3ccccc3)c3ccccc23)cc1.Cc1ccc2c(c1)c1cc(C)ccc1n2-c1ccc(-c2c3ccccc3c(-c3ccccc3)c3ccccc23)cc1. The van der Waals surface area contributed by atoms with E-state index < -0.39 is 0 Å². The summed E-state index contributed by atoms with van der Waals surface area (Å²) in [6, 6.07) is 103. The van der Waals surface area contributed by atoms with Crippen LogP contribution in [0.5, 0.6) is 0 Å². The van der Waals surface area contributed by atoms with Crippen LogP contribution in [-0.4, -0.2) is 9.13 Å². The topological polar surface area (TPSA) is 9.86 Å². The molecule has 0 spiro atoms. The zero-order valence-corrected chi connectivity index (χ0v) is 51.5. The molecular weight excluding hydrogens is 1060 g/mol. The molecule has 88 heavy (non-hydrogen) atoms. The van der Waals surface area contributed by atoms with Crippen LogP contribution in [0.1, 0.15) is 63.8 Å². The highest BCUT2D eigenvalue weighted by Crippen LogP contribution is 2.47. The van der Waals surface area contributed by atoms with Gasteiger partial charge in [-0.2, -0.15) is 0 Å². The second-order valence-corrected chi connectivity index (χ2v) is 26.2. The van der Waals surface area contributed by atoms with Crippen LogP contribution in [-0.2, 0) is 10.8 Å². The molecule has 2 heteroatoms. The third-order valence-electron chi connectivity index (χ3n) is 18.4. The molecule has 2 nitrogen and oxygen atoms in total. The molecule has 0 radical (unpaired) electrons. The number of aromatic nitrogens is 2. The molecule has 2 heterocycles. The van der Waals surface area contributed by atoms with E-state index in [0.717, 1.165) is 0 Å². The first-order valence-electron chi connectivity index (χ1n) is 31.1. The van der Waals surface area contributed by atoms with E-state index in [1.54, 1.807) is 0 Å². The summed E-state index contributed by atoms with van der Waals surface area (Å²) in [5, 5.41) is 15.5. The first kappa shape index (κ1) is 54.4. The lowest BCUT2D eigenvalue weighted by Crippen LogP contribution is -2.10. The molecular formula is C86H70N2. The average Bonchev–Trinajstić information content (AvgIpc) is 1.08. The first-order chi connectivity index (χ1) is 42.8. The van der Waals surface area contributed by atoms with Crippen LogP contribution in [0.3, 0.4) is 0 Å². The van der Waals surface area contributed by atoms with Gasteiger partial charge in [-0.05, 0) is 196 Å². The Morgan fingerprint density at radius 2 is 0.455 bits per heavy atom. The smallest absolute Gasteiger partial charge is 0.0541 e. The van der Waals surface area contributed by atoms with Crippen molar-refractivity contribution in [3.05, 3.63) is 301 Å². The molecule has 16 rings (SSSR count). The summed E-state index contributed by atoms with van der Waals surface area (Å²) in [5.74, 6) is 0. The van der Waals surface area contributed by atoms with E-state index in [9.17, 15) is 0 Å². The molecule has 14 aromatic carbocycles. The maximum atomic E-state index is 2.45. The molecule has 0 bridgehead atoms. The van der Waals surface area contributed by atoms with Crippen molar-refractivity contribution in [2.75, 3.05) is 0 Å². The maximum absolute atomic E-state index is 2.45. The molecule has 0 aliphatic heterocycles. The molecule has 16 aromatic rings. The molecule has 0 unspecified atom stereocenters. The average molecular weight is 1130 g/mol. The van der Waals surface area contributed by atoms with E-state index in [1.165, 1.54) is 165 Å². The zero-order valence-electron chi connectivity index (χ0n) is 51.5. The molecule has 0 aliphatic rings. The van der Waals surface area contributed by atoms with E-state index in [0.29, 0.717) is 0 Å². The summed E-state index contributed by atoms with van der Waals surface area (Å²) in [6.45, 7) is 18.1. The normalized spacial score (nSPS) is 12.1. The standard InChI is InChI=1S/C46H41N.C40H29N/c1-45(2,3)32-22-26-41-39(28-32)40-29-33(46(4,5)6)23-27-42(40)47(41)34-24-20-31(21-25-34)44-37-18-12-10-16-35(37)43(30-14-8-7-9-15-30)36-17-11-13-19-38(36)44;1-26-16-22-37-35(24-26)36-25-27(2)17-23-38(36)41(37)30-20-18-29(19-21-30)40-33-14-8-6-12-31(33)39(28-10-4-3-5-11-28)32-13-7-9-15-34(32)40/h7-29H,1-6H3;3-25H,1-2H3. The van der Waals surface area contributed by atoms with Crippen molar-refractivity contribution in [1.82, 2.24) is 9.13 Å². The third kappa shape index (κ3) is 9.26. The molecule has 0 aliphatic carbocycles. The molecule has 0 atom stereocenters. The Bertz CT molecular complexity index is 5130. The van der Waals surface area contributed by atoms with Crippen LogP contribution in [0.4, 0.5) is 0 Å². The molecule has 424 valence electrons. The summed E-state index contributed by atoms with van der Waals surface area (Å²) in [5.41, 5.74) is 22.9. The molecule has 0 saturated carbocycles. The second-order valence-electron chi connectivity index (χ2n) is 26.2. The number of hydrogen-bond acceptors (Lipinski definition) is 0. The van der Waals surface area contributed by atoms with Gasteiger partial charge < -0.3 is 9.13 Å². The highest BCUT2D eigenvalue weighted by atomic mass is 15.0. The van der Waals surface area contributed by atoms with Gasteiger partial charge in [-0.25, -0.2) is 0 Å². The van der Waals surface area contributed by atoms with Gasteiger partial charge in [0, 0.05) is 32.9 Å². The van der Waals surface area contributed by atoms with Crippen LogP contribution in [0, 0.1) is 13.8 Å². The predicted molar refractivity (Wildman–Crippen MR) is 380 cm³/mol. The summed E-state index contributed by atoms with van der Waals surface area (Å²) >= 11 is 0. The van der Waals surface area contributed by atoms with Gasteiger partial charge in [-0.1, -0.05) is 259 Å². The summed E-state index contributed by atoms with van der Waals surface area (Å²) < 4.78 is 4.85. The predicted octanol–water partition coefficient (Wildman–Crippen LogP) is 24.1. The monoisotopic (exact) mass is 1130 g/mol. The maximum Gasteiger partial charge on any atom is 0.0541 e. The molecule has 0 amide bonds. The van der Waals surface area contributed by atoms with Gasteiger partial charge in [-0.3, -0.25) is 0 Å². The highest BCUT2D eigenvalue weighted by Gasteiger charge is 2.23. The Hall–Kier alpha value is -10.3. The lowest BCUT2D eigenvalue weighted by molar-refractivity contribution is 0.590. The van der Waals surface area contributed by atoms with Gasteiger partial charge in [0.25, 0.3) is 0 Å². The lowest BCUT2D eigenvalue weighted by atomic mass is 9.85. The summed E-state index contributed by atoms with van der Waals surface area (Å²) in [6.07, 6.45) is 0. The van der Waals surface area contributed by atoms with Crippen LogP contribution < -0.4 is 0 Å². The summed E-state index contributed by atoms with van der Waals surface area (Å²) in [4.78, 5) is 0. The van der Waals surface area contributed by atoms with Crippen molar-refractivity contribution in [3.8, 4) is 55.9 Å². The van der Waals surface area contributed by atoms with Crippen molar-refractivity contribution in [2.45, 2.75) is 66.2 Å². The van der Waals surface area contributed by atoms with Crippen molar-refractivity contribution >= 4 is 86.7 Å². The van der Waals surface area contributed by atoms with Crippen LogP contribution in [0.15, 0.2) is 279 Å². The number of benzene rings is 14. The fourth-order valence-electron chi connectivity index (χ4n) is 14.0. The zero-order chi connectivity index (χ0) is 60.0. The number of fused-ring (bicyclic) bond motifs is 10. The van der Waals surface area contributed by atoms with Crippen molar-refractivity contribution in [3.63, 3.8) is 0 Å². The number of aryl methyl sites for hydroxylation is 2. The fourth-order valence-corrected chi connectivity index (χ4v) is 14.0. The Labute approximate surface area is 516 Å². The van der Waals surface area contributed by atoms with Crippen LogP contribution in [0.2, 0.25) is 0 Å². The van der Waals surface area contributed by atoms with Crippen molar-refractivity contribution in [1.29, 1.82) is 0 Å². The third-order valence-corrected chi connectivity index (χ3v) is 18.4. The lowest BCUT2D eigenvalue weighted by Gasteiger charge is -2.19. The van der Waals surface area contributed by atoms with E-state index in [2.05, 4.69) is 344 Å². The number of rotatable bonds is 6. The Kier molecular flexibility index (Phi) is 13.2. The number of hydrogen-bond donors (Lipinski definition) is 0. The first-order valence-corrected chi connectivity index (χ1v) is 31.1. The van der Waals surface area contributed by atoms with Gasteiger partial charge >= 0.3 is 0 Å². The Morgan fingerprint density at radius 1 is 0.216 bits per heavy atom. The molecule has 0 fully saturated rings. The van der Waals surface area contributed by atoms with Crippen molar-refractivity contribution in [2.24, 2.45) is 0 Å².